The molecule has 6 heteroatoms. The lowest BCUT2D eigenvalue weighted by atomic mass is 10.1. The molecular formula is C26H15ClN4O. The molecule has 0 fully saturated rings. The fourth-order valence-corrected chi connectivity index (χ4v) is 4.03. The van der Waals surface area contributed by atoms with Crippen molar-refractivity contribution in [3.63, 3.8) is 0 Å². The molecular weight excluding hydrogens is 420 g/mol. The van der Waals surface area contributed by atoms with Crippen molar-refractivity contribution in [3.8, 4) is 34.2 Å². The van der Waals surface area contributed by atoms with Gasteiger partial charge in [0.2, 0.25) is 0 Å². The number of pyridine rings is 1. The van der Waals surface area contributed by atoms with Crippen molar-refractivity contribution in [2.75, 3.05) is 0 Å². The van der Waals surface area contributed by atoms with E-state index in [4.69, 9.17) is 31.0 Å². The molecule has 0 aliphatic rings. The molecule has 0 N–H and O–H groups in total. The van der Waals surface area contributed by atoms with Crippen molar-refractivity contribution in [2.45, 2.75) is 0 Å². The lowest BCUT2D eigenvalue weighted by molar-refractivity contribution is 0.667. The summed E-state index contributed by atoms with van der Waals surface area (Å²) in [5.41, 5.74) is 3.95. The maximum absolute atomic E-state index is 6.29. The minimum Gasteiger partial charge on any atom is -0.453 e. The Balaban J connectivity index is 1.66. The second-order valence-corrected chi connectivity index (χ2v) is 7.66. The average Bonchev–Trinajstić information content (AvgIpc) is 3.25. The van der Waals surface area contributed by atoms with Crippen molar-refractivity contribution in [3.05, 3.63) is 96.3 Å². The van der Waals surface area contributed by atoms with Crippen molar-refractivity contribution in [1.29, 1.82) is 0 Å². The van der Waals surface area contributed by atoms with E-state index in [2.05, 4.69) is 4.98 Å². The Kier molecular flexibility index (Phi) is 4.40. The van der Waals surface area contributed by atoms with Crippen LogP contribution in [0, 0.1) is 0 Å². The molecule has 0 aliphatic carbocycles. The molecule has 0 radical (unpaired) electrons. The molecule has 0 amide bonds. The van der Waals surface area contributed by atoms with E-state index in [1.807, 2.05) is 84.9 Å². The highest BCUT2D eigenvalue weighted by Crippen LogP contribution is 2.38. The first-order valence-corrected chi connectivity index (χ1v) is 10.5. The van der Waals surface area contributed by atoms with Gasteiger partial charge in [0.05, 0.1) is 0 Å². The van der Waals surface area contributed by atoms with E-state index in [1.54, 1.807) is 6.20 Å². The number of aromatic nitrogens is 4. The van der Waals surface area contributed by atoms with Crippen LogP contribution in [0.1, 0.15) is 0 Å². The Labute approximate surface area is 188 Å². The highest BCUT2D eigenvalue weighted by Gasteiger charge is 2.18. The van der Waals surface area contributed by atoms with Crippen LogP contribution in [0.2, 0.25) is 5.15 Å². The Bertz CT molecular complexity index is 1520. The van der Waals surface area contributed by atoms with E-state index in [9.17, 15) is 0 Å². The van der Waals surface area contributed by atoms with E-state index in [0.29, 0.717) is 33.8 Å². The van der Waals surface area contributed by atoms with Crippen molar-refractivity contribution >= 4 is 33.5 Å². The topological polar surface area (TPSA) is 64.7 Å². The number of fused-ring (bicyclic) bond motifs is 3. The smallest absolute Gasteiger partial charge is 0.172 e. The second kappa shape index (κ2) is 7.55. The molecule has 0 saturated heterocycles. The molecule has 0 unspecified atom stereocenters. The Morgan fingerprint density at radius 3 is 1.91 bits per heavy atom. The summed E-state index contributed by atoms with van der Waals surface area (Å²) < 4.78 is 6.01. The van der Waals surface area contributed by atoms with Crippen molar-refractivity contribution in [1.82, 2.24) is 19.9 Å². The summed E-state index contributed by atoms with van der Waals surface area (Å²) in [5.74, 6) is 1.79. The van der Waals surface area contributed by atoms with E-state index >= 15 is 0 Å². The first-order chi connectivity index (χ1) is 15.8. The summed E-state index contributed by atoms with van der Waals surface area (Å²) in [5, 5.41) is 2.10. The van der Waals surface area contributed by atoms with Gasteiger partial charge in [0.1, 0.15) is 5.58 Å². The van der Waals surface area contributed by atoms with Crippen LogP contribution in [-0.2, 0) is 0 Å². The van der Waals surface area contributed by atoms with Gasteiger partial charge in [0.25, 0.3) is 0 Å². The van der Waals surface area contributed by atoms with E-state index < -0.39 is 0 Å². The lowest BCUT2D eigenvalue weighted by Crippen LogP contribution is -2.00. The summed E-state index contributed by atoms with van der Waals surface area (Å²) in [4.78, 5) is 18.6. The third-order valence-electron chi connectivity index (χ3n) is 5.31. The molecule has 0 aliphatic heterocycles. The Hall–Kier alpha value is -4.09. The zero-order valence-corrected chi connectivity index (χ0v) is 17.5. The molecule has 152 valence electrons. The second-order valence-electron chi connectivity index (χ2n) is 7.30. The summed E-state index contributed by atoms with van der Waals surface area (Å²) in [6.07, 6.45) is 1.68. The molecule has 0 spiro atoms. The number of hydrogen-bond acceptors (Lipinski definition) is 5. The monoisotopic (exact) mass is 434 g/mol. The predicted octanol–water partition coefficient (Wildman–Crippen LogP) is 6.82. The number of nitrogens with zero attached hydrogens (tertiary/aromatic N) is 4. The van der Waals surface area contributed by atoms with Crippen molar-refractivity contribution < 1.29 is 4.42 Å². The van der Waals surface area contributed by atoms with Gasteiger partial charge in [-0.1, -0.05) is 84.4 Å². The fraction of sp³-hybridized carbons (Fsp3) is 0. The van der Waals surface area contributed by atoms with Gasteiger partial charge in [-0.15, -0.1) is 0 Å². The summed E-state index contributed by atoms with van der Waals surface area (Å²) in [6.45, 7) is 0. The summed E-state index contributed by atoms with van der Waals surface area (Å²) in [7, 11) is 0. The van der Waals surface area contributed by atoms with Gasteiger partial charge in [-0.3, -0.25) is 0 Å². The highest BCUT2D eigenvalue weighted by atomic mass is 35.5. The molecule has 3 heterocycles. The third kappa shape index (κ3) is 3.11. The Morgan fingerprint density at radius 1 is 0.625 bits per heavy atom. The number of rotatable bonds is 3. The van der Waals surface area contributed by atoms with Crippen molar-refractivity contribution in [2.24, 2.45) is 0 Å². The molecule has 3 aromatic heterocycles. The van der Waals surface area contributed by atoms with Crippen LogP contribution in [0.4, 0.5) is 0 Å². The van der Waals surface area contributed by atoms with Gasteiger partial charge in [-0.05, 0) is 12.1 Å². The van der Waals surface area contributed by atoms with E-state index in [1.165, 1.54) is 0 Å². The highest BCUT2D eigenvalue weighted by molar-refractivity contribution is 6.34. The number of furan rings is 1. The van der Waals surface area contributed by atoms with Crippen LogP contribution >= 0.6 is 11.6 Å². The van der Waals surface area contributed by atoms with Crippen LogP contribution in [0.25, 0.3) is 56.1 Å². The quantitative estimate of drug-likeness (QED) is 0.286. The van der Waals surface area contributed by atoms with Crippen LogP contribution in [-0.4, -0.2) is 19.9 Å². The molecule has 0 bridgehead atoms. The molecule has 0 atom stereocenters. The molecule has 32 heavy (non-hydrogen) atoms. The normalized spacial score (nSPS) is 11.3. The SMILES string of the molecule is Clc1nccc2c1oc1cccc(-c3nc(-c4ccccc4)nc(-c4ccccc4)n3)c12. The Morgan fingerprint density at radius 2 is 1.25 bits per heavy atom. The van der Waals surface area contributed by atoms with Gasteiger partial charge in [0, 0.05) is 33.7 Å². The zero-order chi connectivity index (χ0) is 21.5. The molecule has 6 rings (SSSR count). The number of halogens is 1. The lowest BCUT2D eigenvalue weighted by Gasteiger charge is -2.09. The third-order valence-corrected chi connectivity index (χ3v) is 5.58. The maximum atomic E-state index is 6.29. The van der Waals surface area contributed by atoms with Gasteiger partial charge in [-0.2, -0.15) is 0 Å². The van der Waals surface area contributed by atoms with Crippen LogP contribution in [0.5, 0.6) is 0 Å². The zero-order valence-electron chi connectivity index (χ0n) is 16.7. The van der Waals surface area contributed by atoms with E-state index in [0.717, 1.165) is 27.5 Å². The molecule has 3 aromatic carbocycles. The molecule has 5 nitrogen and oxygen atoms in total. The summed E-state index contributed by atoms with van der Waals surface area (Å²) >= 11 is 6.29. The van der Waals surface area contributed by atoms with Gasteiger partial charge in [0.15, 0.2) is 28.2 Å². The first-order valence-electron chi connectivity index (χ1n) is 10.1. The van der Waals surface area contributed by atoms with Gasteiger partial charge >= 0.3 is 0 Å². The van der Waals surface area contributed by atoms with Crippen LogP contribution in [0.3, 0.4) is 0 Å². The summed E-state index contributed by atoms with van der Waals surface area (Å²) in [6, 6.07) is 27.5. The standard InChI is InChI=1S/C26H15ClN4O/c27-23-22-18(14-15-28-23)21-19(12-7-13-20(21)32-22)26-30-24(16-8-3-1-4-9-16)29-25(31-26)17-10-5-2-6-11-17/h1-15H. The fourth-order valence-electron chi connectivity index (χ4n) is 3.84. The predicted molar refractivity (Wildman–Crippen MR) is 126 cm³/mol. The molecule has 0 saturated carbocycles. The molecule has 6 aromatic rings. The van der Waals surface area contributed by atoms with Gasteiger partial charge in [-0.25, -0.2) is 19.9 Å². The first kappa shape index (κ1) is 18.7. The van der Waals surface area contributed by atoms with Crippen LogP contribution in [0.15, 0.2) is 95.5 Å². The van der Waals surface area contributed by atoms with Crippen LogP contribution < -0.4 is 0 Å². The van der Waals surface area contributed by atoms with Gasteiger partial charge < -0.3 is 4.42 Å². The minimum atomic E-state index is 0.329. The van der Waals surface area contributed by atoms with E-state index in [-0.39, 0.29) is 0 Å². The number of hydrogen-bond donors (Lipinski definition) is 0. The largest absolute Gasteiger partial charge is 0.453 e. The minimum absolute atomic E-state index is 0.329. The number of benzene rings is 3. The average molecular weight is 435 g/mol. The maximum Gasteiger partial charge on any atom is 0.172 e.